The highest BCUT2D eigenvalue weighted by Gasteiger charge is 2.25. The van der Waals surface area contributed by atoms with Crippen molar-refractivity contribution in [2.24, 2.45) is 0 Å². The van der Waals surface area contributed by atoms with E-state index in [0.717, 1.165) is 36.8 Å². The van der Waals surface area contributed by atoms with E-state index in [1.807, 2.05) is 24.3 Å². The maximum Gasteiger partial charge on any atom is 0.251 e. The average Bonchev–Trinajstić information content (AvgIpc) is 3.30. The fraction of sp³-hybridized carbons (Fsp3) is 0.562. The van der Waals surface area contributed by atoms with E-state index in [4.69, 9.17) is 0 Å². The summed E-state index contributed by atoms with van der Waals surface area (Å²) in [6.07, 6.45) is 3.70. The third-order valence-corrected chi connectivity index (χ3v) is 3.65. The number of likely N-dealkylation sites (N-methyl/N-ethyl adjacent to an activating group) is 1. The van der Waals surface area contributed by atoms with Gasteiger partial charge in [0.05, 0.1) is 0 Å². The van der Waals surface area contributed by atoms with Crippen LogP contribution < -0.4 is 10.6 Å². The predicted molar refractivity (Wildman–Crippen MR) is 83.2 cm³/mol. The second-order valence-electron chi connectivity index (χ2n) is 5.47. The van der Waals surface area contributed by atoms with E-state index in [2.05, 4.69) is 29.5 Å². The zero-order chi connectivity index (χ0) is 14.4. The van der Waals surface area contributed by atoms with Crippen LogP contribution in [0.4, 0.5) is 5.69 Å². The largest absolute Gasteiger partial charge is 0.385 e. The summed E-state index contributed by atoms with van der Waals surface area (Å²) < 4.78 is 0. The van der Waals surface area contributed by atoms with Crippen LogP contribution in [0, 0.1) is 0 Å². The second kappa shape index (κ2) is 7.29. The lowest BCUT2D eigenvalue weighted by molar-refractivity contribution is 0.0949. The molecular weight excluding hydrogens is 250 g/mol. The van der Waals surface area contributed by atoms with Crippen molar-refractivity contribution in [1.82, 2.24) is 10.2 Å². The third kappa shape index (κ3) is 4.53. The van der Waals surface area contributed by atoms with Gasteiger partial charge in [0.1, 0.15) is 0 Å². The minimum Gasteiger partial charge on any atom is -0.385 e. The Bertz CT molecular complexity index is 426. The fourth-order valence-corrected chi connectivity index (χ4v) is 2.15. The summed E-state index contributed by atoms with van der Waals surface area (Å²) >= 11 is 0. The van der Waals surface area contributed by atoms with Crippen LogP contribution in [-0.2, 0) is 0 Å². The number of anilines is 1. The molecule has 1 aliphatic rings. The monoisotopic (exact) mass is 275 g/mol. The van der Waals surface area contributed by atoms with Crippen molar-refractivity contribution < 1.29 is 4.79 Å². The summed E-state index contributed by atoms with van der Waals surface area (Å²) in [5, 5.41) is 6.27. The van der Waals surface area contributed by atoms with Crippen molar-refractivity contribution >= 4 is 11.6 Å². The van der Waals surface area contributed by atoms with E-state index in [0.29, 0.717) is 6.54 Å². The Morgan fingerprint density at radius 2 is 1.95 bits per heavy atom. The number of hydrogen-bond acceptors (Lipinski definition) is 3. The van der Waals surface area contributed by atoms with Crippen molar-refractivity contribution in [3.05, 3.63) is 29.8 Å². The number of benzene rings is 1. The first-order valence-electron chi connectivity index (χ1n) is 7.53. The van der Waals surface area contributed by atoms with Gasteiger partial charge in [0.15, 0.2) is 0 Å². The molecule has 4 nitrogen and oxygen atoms in total. The topological polar surface area (TPSA) is 44.4 Å². The molecule has 1 aromatic rings. The molecule has 20 heavy (non-hydrogen) atoms. The molecule has 0 saturated heterocycles. The Hall–Kier alpha value is -1.55. The van der Waals surface area contributed by atoms with Crippen LogP contribution in [0.5, 0.6) is 0 Å². The molecule has 0 bridgehead atoms. The minimum absolute atomic E-state index is 0.0104. The number of amides is 1. The van der Waals surface area contributed by atoms with Crippen LogP contribution in [-0.4, -0.2) is 43.5 Å². The predicted octanol–water partition coefficient (Wildman–Crippen LogP) is 2.33. The first kappa shape index (κ1) is 14.9. The van der Waals surface area contributed by atoms with Gasteiger partial charge in [-0.2, -0.15) is 0 Å². The highest BCUT2D eigenvalue weighted by Crippen LogP contribution is 2.24. The molecule has 0 heterocycles. The lowest BCUT2D eigenvalue weighted by atomic mass is 10.2. The first-order valence-corrected chi connectivity index (χ1v) is 7.53. The van der Waals surface area contributed by atoms with Gasteiger partial charge in [0, 0.05) is 36.9 Å². The molecule has 1 saturated carbocycles. The SMILES string of the molecule is CCCNc1ccc(C(=O)NCCN(C)C2CC2)cc1. The van der Waals surface area contributed by atoms with Crippen molar-refractivity contribution in [3.63, 3.8) is 0 Å². The summed E-state index contributed by atoms with van der Waals surface area (Å²) in [4.78, 5) is 14.3. The molecule has 2 N–H and O–H groups in total. The quantitative estimate of drug-likeness (QED) is 0.765. The molecule has 1 fully saturated rings. The Labute approximate surface area is 121 Å². The van der Waals surface area contributed by atoms with Gasteiger partial charge in [0.2, 0.25) is 0 Å². The number of carbonyl (C=O) groups is 1. The second-order valence-corrected chi connectivity index (χ2v) is 5.47. The highest BCUT2D eigenvalue weighted by molar-refractivity contribution is 5.94. The molecule has 0 unspecified atom stereocenters. The number of nitrogens with zero attached hydrogens (tertiary/aromatic N) is 1. The normalized spacial score (nSPS) is 14.3. The van der Waals surface area contributed by atoms with Gasteiger partial charge >= 0.3 is 0 Å². The van der Waals surface area contributed by atoms with E-state index in [9.17, 15) is 4.79 Å². The van der Waals surface area contributed by atoms with Gasteiger partial charge in [-0.1, -0.05) is 6.92 Å². The molecule has 1 aliphatic carbocycles. The van der Waals surface area contributed by atoms with Crippen LogP contribution in [0.25, 0.3) is 0 Å². The minimum atomic E-state index is 0.0104. The van der Waals surface area contributed by atoms with E-state index in [1.54, 1.807) is 0 Å². The van der Waals surface area contributed by atoms with Crippen LogP contribution in [0.2, 0.25) is 0 Å². The molecule has 0 aliphatic heterocycles. The molecule has 0 radical (unpaired) electrons. The Balaban J connectivity index is 1.73. The molecule has 2 rings (SSSR count). The van der Waals surface area contributed by atoms with Crippen molar-refractivity contribution in [3.8, 4) is 0 Å². The summed E-state index contributed by atoms with van der Waals surface area (Å²) in [5.41, 5.74) is 1.79. The summed E-state index contributed by atoms with van der Waals surface area (Å²) in [7, 11) is 2.12. The van der Waals surface area contributed by atoms with E-state index in [1.165, 1.54) is 12.8 Å². The van der Waals surface area contributed by atoms with Gasteiger partial charge < -0.3 is 15.5 Å². The zero-order valence-corrected chi connectivity index (χ0v) is 12.5. The summed E-state index contributed by atoms with van der Waals surface area (Å²) in [6, 6.07) is 8.41. The maximum absolute atomic E-state index is 12.0. The van der Waals surface area contributed by atoms with Crippen molar-refractivity contribution in [2.75, 3.05) is 32.0 Å². The molecule has 0 aromatic heterocycles. The number of carbonyl (C=O) groups excluding carboxylic acids is 1. The molecule has 0 atom stereocenters. The molecular formula is C16H25N3O. The van der Waals surface area contributed by atoms with Gasteiger partial charge in [-0.25, -0.2) is 0 Å². The van der Waals surface area contributed by atoms with Gasteiger partial charge in [-0.3, -0.25) is 4.79 Å². The number of rotatable bonds is 8. The van der Waals surface area contributed by atoms with Gasteiger partial charge in [-0.15, -0.1) is 0 Å². The maximum atomic E-state index is 12.0. The Morgan fingerprint density at radius 3 is 2.55 bits per heavy atom. The van der Waals surface area contributed by atoms with Crippen LogP contribution in [0.3, 0.4) is 0 Å². The lowest BCUT2D eigenvalue weighted by Crippen LogP contribution is -2.33. The van der Waals surface area contributed by atoms with Crippen molar-refractivity contribution in [1.29, 1.82) is 0 Å². The van der Waals surface area contributed by atoms with Crippen LogP contribution in [0.15, 0.2) is 24.3 Å². The van der Waals surface area contributed by atoms with Crippen LogP contribution >= 0.6 is 0 Å². The standard InChI is InChI=1S/C16H25N3O/c1-3-10-17-14-6-4-13(5-7-14)16(20)18-11-12-19(2)15-8-9-15/h4-7,15,17H,3,8-12H2,1-2H3,(H,18,20). The molecule has 1 amide bonds. The van der Waals surface area contributed by atoms with E-state index >= 15 is 0 Å². The first-order chi connectivity index (χ1) is 9.70. The third-order valence-electron chi connectivity index (χ3n) is 3.65. The Kier molecular flexibility index (Phi) is 5.41. The molecule has 0 spiro atoms. The smallest absolute Gasteiger partial charge is 0.251 e. The number of hydrogen-bond donors (Lipinski definition) is 2. The summed E-state index contributed by atoms with van der Waals surface area (Å²) in [5.74, 6) is 0.0104. The zero-order valence-electron chi connectivity index (χ0n) is 12.5. The Morgan fingerprint density at radius 1 is 1.25 bits per heavy atom. The van der Waals surface area contributed by atoms with Crippen molar-refractivity contribution in [2.45, 2.75) is 32.2 Å². The summed E-state index contributed by atoms with van der Waals surface area (Å²) in [6.45, 7) is 4.72. The van der Waals surface area contributed by atoms with E-state index in [-0.39, 0.29) is 5.91 Å². The lowest BCUT2D eigenvalue weighted by Gasteiger charge is -2.15. The molecule has 110 valence electrons. The highest BCUT2D eigenvalue weighted by atomic mass is 16.1. The molecule has 1 aromatic carbocycles. The van der Waals surface area contributed by atoms with Gasteiger partial charge in [-0.05, 0) is 50.6 Å². The van der Waals surface area contributed by atoms with Crippen LogP contribution in [0.1, 0.15) is 36.5 Å². The number of nitrogens with one attached hydrogen (secondary N) is 2. The molecule has 4 heteroatoms. The van der Waals surface area contributed by atoms with E-state index < -0.39 is 0 Å². The average molecular weight is 275 g/mol. The fourth-order valence-electron chi connectivity index (χ4n) is 2.15. The van der Waals surface area contributed by atoms with Gasteiger partial charge in [0.25, 0.3) is 5.91 Å².